The zero-order valence-corrected chi connectivity index (χ0v) is 13.8. The molecule has 0 fully saturated rings. The number of rotatable bonds is 8. The van der Waals surface area contributed by atoms with Crippen molar-refractivity contribution in [3.8, 4) is 0 Å². The normalized spacial score (nSPS) is 10.4. The summed E-state index contributed by atoms with van der Waals surface area (Å²) in [6.07, 6.45) is 4.84. The van der Waals surface area contributed by atoms with Gasteiger partial charge in [0.25, 0.3) is 5.91 Å². The zero-order valence-electron chi connectivity index (χ0n) is 13.8. The van der Waals surface area contributed by atoms with Crippen LogP contribution in [-0.4, -0.2) is 36.5 Å². The number of amides is 1. The highest BCUT2D eigenvalue weighted by Crippen LogP contribution is 2.22. The third kappa shape index (κ3) is 4.35. The van der Waals surface area contributed by atoms with Gasteiger partial charge in [-0.1, -0.05) is 24.3 Å². The van der Waals surface area contributed by atoms with Crippen molar-refractivity contribution in [3.63, 3.8) is 0 Å². The molecule has 126 valence electrons. The van der Waals surface area contributed by atoms with Gasteiger partial charge in [-0.15, -0.1) is 13.2 Å². The van der Waals surface area contributed by atoms with E-state index >= 15 is 0 Å². The second-order valence-electron chi connectivity index (χ2n) is 5.47. The van der Waals surface area contributed by atoms with Gasteiger partial charge >= 0.3 is 5.97 Å². The molecule has 0 saturated heterocycles. The highest BCUT2D eigenvalue weighted by atomic mass is 16.5. The molecule has 0 radical (unpaired) electrons. The van der Waals surface area contributed by atoms with Crippen molar-refractivity contribution >= 4 is 22.8 Å². The van der Waals surface area contributed by atoms with Gasteiger partial charge in [0.2, 0.25) is 0 Å². The van der Waals surface area contributed by atoms with E-state index < -0.39 is 5.97 Å². The SMILES string of the molecule is C=CCN(CC=C)C(=O)COC(=O)Cc1coc2cc(C)ccc12. The highest BCUT2D eigenvalue weighted by molar-refractivity contribution is 5.87. The van der Waals surface area contributed by atoms with Crippen LogP contribution in [0.4, 0.5) is 0 Å². The molecule has 0 bridgehead atoms. The first-order chi connectivity index (χ1) is 11.5. The minimum Gasteiger partial charge on any atom is -0.464 e. The number of carbonyl (C=O) groups excluding carboxylic acids is 2. The smallest absolute Gasteiger partial charge is 0.310 e. The van der Waals surface area contributed by atoms with Crippen molar-refractivity contribution in [1.29, 1.82) is 0 Å². The number of hydrogen-bond acceptors (Lipinski definition) is 4. The number of carbonyl (C=O) groups is 2. The van der Waals surface area contributed by atoms with Crippen LogP contribution in [0.25, 0.3) is 11.0 Å². The maximum atomic E-state index is 12.0. The fourth-order valence-corrected chi connectivity index (χ4v) is 2.36. The average molecular weight is 327 g/mol. The molecule has 1 amide bonds. The first-order valence-corrected chi connectivity index (χ1v) is 7.67. The van der Waals surface area contributed by atoms with E-state index in [0.717, 1.165) is 22.1 Å². The fourth-order valence-electron chi connectivity index (χ4n) is 2.36. The highest BCUT2D eigenvalue weighted by Gasteiger charge is 2.15. The largest absolute Gasteiger partial charge is 0.464 e. The van der Waals surface area contributed by atoms with Crippen LogP contribution in [0.1, 0.15) is 11.1 Å². The first-order valence-electron chi connectivity index (χ1n) is 7.67. The number of aryl methyl sites for hydroxylation is 1. The number of ether oxygens (including phenoxy) is 1. The lowest BCUT2D eigenvalue weighted by atomic mass is 10.1. The predicted octanol–water partition coefficient (Wildman–Crippen LogP) is 3.03. The topological polar surface area (TPSA) is 59.8 Å². The lowest BCUT2D eigenvalue weighted by molar-refractivity contribution is -0.151. The van der Waals surface area contributed by atoms with Gasteiger partial charge in [-0.05, 0) is 18.6 Å². The van der Waals surface area contributed by atoms with Crippen LogP contribution in [0.3, 0.4) is 0 Å². The molecule has 1 aromatic carbocycles. The third-order valence-corrected chi connectivity index (χ3v) is 3.55. The van der Waals surface area contributed by atoms with E-state index in [0.29, 0.717) is 13.1 Å². The maximum Gasteiger partial charge on any atom is 0.310 e. The molecule has 0 saturated carbocycles. The Hall–Kier alpha value is -2.82. The van der Waals surface area contributed by atoms with Gasteiger partial charge in [-0.25, -0.2) is 0 Å². The monoisotopic (exact) mass is 327 g/mol. The molecule has 0 unspecified atom stereocenters. The van der Waals surface area contributed by atoms with Gasteiger partial charge in [-0.2, -0.15) is 0 Å². The van der Waals surface area contributed by atoms with Crippen LogP contribution in [0.15, 0.2) is 54.2 Å². The zero-order chi connectivity index (χ0) is 17.5. The fraction of sp³-hybridized carbons (Fsp3) is 0.263. The number of esters is 1. The Balaban J connectivity index is 1.93. The Labute approximate surface area is 141 Å². The van der Waals surface area contributed by atoms with E-state index in [9.17, 15) is 9.59 Å². The lowest BCUT2D eigenvalue weighted by Crippen LogP contribution is -2.35. The van der Waals surface area contributed by atoms with Crippen LogP contribution in [-0.2, 0) is 20.7 Å². The summed E-state index contributed by atoms with van der Waals surface area (Å²) in [7, 11) is 0. The predicted molar refractivity (Wildman–Crippen MR) is 92.6 cm³/mol. The molecule has 24 heavy (non-hydrogen) atoms. The van der Waals surface area contributed by atoms with Crippen molar-refractivity contribution < 1.29 is 18.7 Å². The summed E-state index contributed by atoms with van der Waals surface area (Å²) >= 11 is 0. The first kappa shape index (κ1) is 17.5. The van der Waals surface area contributed by atoms with E-state index in [1.54, 1.807) is 18.4 Å². The number of benzene rings is 1. The van der Waals surface area contributed by atoms with Crippen molar-refractivity contribution in [1.82, 2.24) is 4.90 Å². The van der Waals surface area contributed by atoms with Gasteiger partial charge < -0.3 is 14.1 Å². The van der Waals surface area contributed by atoms with Gasteiger partial charge in [-0.3, -0.25) is 9.59 Å². The molecule has 0 aliphatic carbocycles. The second-order valence-corrected chi connectivity index (χ2v) is 5.47. The molecule has 0 N–H and O–H groups in total. The van der Waals surface area contributed by atoms with Crippen molar-refractivity contribution in [2.45, 2.75) is 13.3 Å². The van der Waals surface area contributed by atoms with E-state index in [4.69, 9.17) is 9.15 Å². The summed E-state index contributed by atoms with van der Waals surface area (Å²) in [5, 5.41) is 0.879. The molecule has 1 aromatic heterocycles. The third-order valence-electron chi connectivity index (χ3n) is 3.55. The van der Waals surface area contributed by atoms with E-state index in [2.05, 4.69) is 13.2 Å². The van der Waals surface area contributed by atoms with Crippen LogP contribution in [0.5, 0.6) is 0 Å². The van der Waals surface area contributed by atoms with E-state index in [1.165, 1.54) is 4.90 Å². The molecule has 5 heteroatoms. The molecule has 5 nitrogen and oxygen atoms in total. The summed E-state index contributed by atoms with van der Waals surface area (Å²) in [5.41, 5.74) is 2.56. The van der Waals surface area contributed by atoms with E-state index in [1.807, 2.05) is 25.1 Å². The van der Waals surface area contributed by atoms with E-state index in [-0.39, 0.29) is 18.9 Å². The molecule has 0 atom stereocenters. The van der Waals surface area contributed by atoms with Gasteiger partial charge in [0, 0.05) is 24.0 Å². The molecular weight excluding hydrogens is 306 g/mol. The summed E-state index contributed by atoms with van der Waals surface area (Å²) in [6.45, 7) is 9.64. The quantitative estimate of drug-likeness (QED) is 0.552. The Kier molecular flexibility index (Phi) is 5.95. The summed E-state index contributed by atoms with van der Waals surface area (Å²) in [4.78, 5) is 25.5. The Bertz CT molecular complexity index is 750. The molecule has 0 aliphatic heterocycles. The number of furan rings is 1. The molecule has 1 heterocycles. The average Bonchev–Trinajstić information content (AvgIpc) is 2.94. The van der Waals surface area contributed by atoms with Crippen LogP contribution < -0.4 is 0 Å². The Morgan fingerprint density at radius 2 is 1.96 bits per heavy atom. The minimum atomic E-state index is -0.469. The molecule has 2 aromatic rings. The Morgan fingerprint density at radius 3 is 2.62 bits per heavy atom. The van der Waals surface area contributed by atoms with Crippen molar-refractivity contribution in [2.75, 3.05) is 19.7 Å². The van der Waals surface area contributed by atoms with Crippen LogP contribution in [0.2, 0.25) is 0 Å². The minimum absolute atomic E-state index is 0.0618. The van der Waals surface area contributed by atoms with Crippen LogP contribution >= 0.6 is 0 Å². The van der Waals surface area contributed by atoms with Gasteiger partial charge in [0.05, 0.1) is 12.7 Å². The molecular formula is C19H21NO4. The maximum absolute atomic E-state index is 12.0. The number of hydrogen-bond donors (Lipinski definition) is 0. The molecule has 0 spiro atoms. The van der Waals surface area contributed by atoms with Gasteiger partial charge in [0.1, 0.15) is 5.58 Å². The van der Waals surface area contributed by atoms with Gasteiger partial charge in [0.15, 0.2) is 6.61 Å². The number of nitrogens with zero attached hydrogens (tertiary/aromatic N) is 1. The Morgan fingerprint density at radius 1 is 1.25 bits per heavy atom. The van der Waals surface area contributed by atoms with Crippen LogP contribution in [0, 0.1) is 6.92 Å². The molecule has 0 aliphatic rings. The van der Waals surface area contributed by atoms with Crippen molar-refractivity contribution in [2.24, 2.45) is 0 Å². The second kappa shape index (κ2) is 8.15. The summed E-state index contributed by atoms with van der Waals surface area (Å²) in [6, 6.07) is 5.78. The van der Waals surface area contributed by atoms with Crippen molar-refractivity contribution in [3.05, 3.63) is 60.9 Å². The number of fused-ring (bicyclic) bond motifs is 1. The summed E-state index contributed by atoms with van der Waals surface area (Å²) in [5.74, 6) is -0.750. The molecule has 2 rings (SSSR count). The standard InChI is InChI=1S/C19H21NO4/c1-4-8-20(9-5-2)18(21)13-24-19(22)11-15-12-23-17-10-14(3)6-7-16(15)17/h4-7,10,12H,1-2,8-9,11,13H2,3H3. The lowest BCUT2D eigenvalue weighted by Gasteiger charge is -2.18. The summed E-state index contributed by atoms with van der Waals surface area (Å²) < 4.78 is 10.5.